The average molecular weight is 308 g/mol. The van der Waals surface area contributed by atoms with Gasteiger partial charge in [0.05, 0.1) is 6.04 Å². The van der Waals surface area contributed by atoms with E-state index in [2.05, 4.69) is 15.9 Å². The molecule has 0 fully saturated rings. The van der Waals surface area contributed by atoms with Crippen molar-refractivity contribution in [3.63, 3.8) is 0 Å². The molecule has 2 rings (SSSR count). The number of nitrogens with two attached hydrogens (primary N) is 1. The van der Waals surface area contributed by atoms with E-state index in [0.29, 0.717) is 5.56 Å². The van der Waals surface area contributed by atoms with E-state index in [4.69, 9.17) is 5.73 Å². The number of halogens is 2. The Morgan fingerprint density at radius 1 is 1.00 bits per heavy atom. The summed E-state index contributed by atoms with van der Waals surface area (Å²) < 4.78 is 14.7. The molecule has 2 aromatic rings. The van der Waals surface area contributed by atoms with Crippen molar-refractivity contribution in [2.24, 2.45) is 5.73 Å². The highest BCUT2D eigenvalue weighted by atomic mass is 79.9. The van der Waals surface area contributed by atoms with Crippen LogP contribution in [0.4, 0.5) is 4.39 Å². The number of benzene rings is 2. The molecule has 0 saturated heterocycles. The Kier molecular flexibility index (Phi) is 3.83. The summed E-state index contributed by atoms with van der Waals surface area (Å²) in [7, 11) is 0. The van der Waals surface area contributed by atoms with Gasteiger partial charge in [0.2, 0.25) is 0 Å². The van der Waals surface area contributed by atoms with Gasteiger partial charge < -0.3 is 5.73 Å². The zero-order valence-electron chi connectivity index (χ0n) is 10.4. The van der Waals surface area contributed by atoms with Gasteiger partial charge in [-0.15, -0.1) is 0 Å². The van der Waals surface area contributed by atoms with E-state index in [-0.39, 0.29) is 5.82 Å². The highest BCUT2D eigenvalue weighted by Crippen LogP contribution is 2.29. The molecule has 2 aromatic carbocycles. The third kappa shape index (κ3) is 2.62. The number of aryl methyl sites for hydroxylation is 2. The summed E-state index contributed by atoms with van der Waals surface area (Å²) in [5.74, 6) is -0.263. The fraction of sp³-hybridized carbons (Fsp3) is 0.200. The van der Waals surface area contributed by atoms with Crippen LogP contribution in [0.15, 0.2) is 40.9 Å². The van der Waals surface area contributed by atoms with Crippen LogP contribution in [0.25, 0.3) is 0 Å². The zero-order valence-corrected chi connectivity index (χ0v) is 12.0. The van der Waals surface area contributed by atoms with Crippen molar-refractivity contribution < 1.29 is 4.39 Å². The van der Waals surface area contributed by atoms with Crippen molar-refractivity contribution in [2.75, 3.05) is 0 Å². The molecule has 1 atom stereocenters. The summed E-state index contributed by atoms with van der Waals surface area (Å²) in [6, 6.07) is 10.5. The summed E-state index contributed by atoms with van der Waals surface area (Å²) in [4.78, 5) is 0. The average Bonchev–Trinajstić information content (AvgIpc) is 2.31. The summed E-state index contributed by atoms with van der Waals surface area (Å²) in [6.45, 7) is 3.94. The molecule has 3 heteroatoms. The Morgan fingerprint density at radius 3 is 2.28 bits per heavy atom. The molecule has 0 aromatic heterocycles. The Hall–Kier alpha value is -1.19. The molecule has 94 valence electrons. The van der Waals surface area contributed by atoms with E-state index in [0.717, 1.165) is 21.2 Å². The van der Waals surface area contributed by atoms with Crippen molar-refractivity contribution >= 4 is 15.9 Å². The van der Waals surface area contributed by atoms with Gasteiger partial charge in [-0.05, 0) is 37.1 Å². The maximum atomic E-state index is 13.8. The lowest BCUT2D eigenvalue weighted by molar-refractivity contribution is 0.598. The normalized spacial score (nSPS) is 12.5. The summed E-state index contributed by atoms with van der Waals surface area (Å²) >= 11 is 3.49. The molecule has 2 N–H and O–H groups in total. The van der Waals surface area contributed by atoms with Crippen LogP contribution in [-0.2, 0) is 0 Å². The van der Waals surface area contributed by atoms with Gasteiger partial charge in [0.15, 0.2) is 0 Å². The summed E-state index contributed by atoms with van der Waals surface area (Å²) in [5.41, 5.74) is 9.73. The Balaban J connectivity index is 2.47. The molecule has 0 bridgehead atoms. The summed E-state index contributed by atoms with van der Waals surface area (Å²) in [5, 5.41) is 0. The lowest BCUT2D eigenvalue weighted by Gasteiger charge is -2.16. The van der Waals surface area contributed by atoms with Gasteiger partial charge in [-0.1, -0.05) is 45.8 Å². The second-order valence-corrected chi connectivity index (χ2v) is 5.38. The maximum absolute atomic E-state index is 13.8. The fourth-order valence-corrected chi connectivity index (χ4v) is 2.69. The van der Waals surface area contributed by atoms with Crippen LogP contribution < -0.4 is 5.73 Å². The molecule has 0 spiro atoms. The first-order valence-corrected chi connectivity index (χ1v) is 6.56. The molecule has 0 heterocycles. The third-order valence-electron chi connectivity index (χ3n) is 2.98. The van der Waals surface area contributed by atoms with E-state index in [1.807, 2.05) is 32.0 Å². The number of rotatable bonds is 2. The van der Waals surface area contributed by atoms with Gasteiger partial charge in [0, 0.05) is 10.0 Å². The van der Waals surface area contributed by atoms with E-state index in [1.54, 1.807) is 12.1 Å². The lowest BCUT2D eigenvalue weighted by Crippen LogP contribution is -2.14. The molecule has 18 heavy (non-hydrogen) atoms. The first-order valence-electron chi connectivity index (χ1n) is 5.76. The molecule has 0 saturated carbocycles. The van der Waals surface area contributed by atoms with E-state index < -0.39 is 6.04 Å². The molecule has 0 aliphatic carbocycles. The van der Waals surface area contributed by atoms with Gasteiger partial charge in [0.25, 0.3) is 0 Å². The Bertz CT molecular complexity index is 581. The van der Waals surface area contributed by atoms with E-state index in [9.17, 15) is 4.39 Å². The maximum Gasteiger partial charge on any atom is 0.128 e. The van der Waals surface area contributed by atoms with Gasteiger partial charge >= 0.3 is 0 Å². The molecular formula is C15H15BrFN. The highest BCUT2D eigenvalue weighted by molar-refractivity contribution is 9.10. The second kappa shape index (κ2) is 5.21. The Labute approximate surface area is 115 Å². The molecular weight excluding hydrogens is 293 g/mol. The second-order valence-electron chi connectivity index (χ2n) is 4.53. The minimum Gasteiger partial charge on any atom is -0.320 e. The van der Waals surface area contributed by atoms with Crippen molar-refractivity contribution in [2.45, 2.75) is 19.9 Å². The van der Waals surface area contributed by atoms with Crippen LogP contribution in [0, 0.1) is 19.7 Å². The minimum atomic E-state index is -0.458. The number of hydrogen-bond donors (Lipinski definition) is 1. The Morgan fingerprint density at radius 2 is 1.61 bits per heavy atom. The standard InChI is InChI=1S/C15H15BrFN/c1-9-4-6-14(17)12(7-9)15(18)11-5-3-10(2)8-13(11)16/h3-8,15H,18H2,1-2H3. The third-order valence-corrected chi connectivity index (χ3v) is 3.66. The first-order chi connectivity index (χ1) is 8.49. The summed E-state index contributed by atoms with van der Waals surface area (Å²) in [6.07, 6.45) is 0. The van der Waals surface area contributed by atoms with Crippen molar-refractivity contribution in [1.82, 2.24) is 0 Å². The predicted molar refractivity (Wildman–Crippen MR) is 76.0 cm³/mol. The molecule has 1 unspecified atom stereocenters. The predicted octanol–water partition coefficient (Wildman–Crippen LogP) is 4.25. The van der Waals surface area contributed by atoms with E-state index in [1.165, 1.54) is 6.07 Å². The molecule has 0 aliphatic heterocycles. The fourth-order valence-electron chi connectivity index (χ4n) is 1.95. The van der Waals surface area contributed by atoms with Gasteiger partial charge in [-0.3, -0.25) is 0 Å². The molecule has 1 nitrogen and oxygen atoms in total. The largest absolute Gasteiger partial charge is 0.320 e. The van der Waals surface area contributed by atoms with Crippen LogP contribution in [0.1, 0.15) is 28.3 Å². The van der Waals surface area contributed by atoms with Crippen LogP contribution in [0.2, 0.25) is 0 Å². The minimum absolute atomic E-state index is 0.263. The topological polar surface area (TPSA) is 26.0 Å². The number of hydrogen-bond acceptors (Lipinski definition) is 1. The lowest BCUT2D eigenvalue weighted by atomic mass is 9.97. The van der Waals surface area contributed by atoms with Gasteiger partial charge in [0.1, 0.15) is 5.82 Å². The monoisotopic (exact) mass is 307 g/mol. The van der Waals surface area contributed by atoms with Crippen LogP contribution in [0.3, 0.4) is 0 Å². The van der Waals surface area contributed by atoms with Crippen molar-refractivity contribution in [3.05, 3.63) is 68.9 Å². The molecule has 0 aliphatic rings. The SMILES string of the molecule is Cc1ccc(C(N)c2cc(C)ccc2F)c(Br)c1. The van der Waals surface area contributed by atoms with Gasteiger partial charge in [-0.2, -0.15) is 0 Å². The first kappa shape index (κ1) is 13.2. The molecule has 0 radical (unpaired) electrons. The van der Waals surface area contributed by atoms with Crippen LogP contribution in [0.5, 0.6) is 0 Å². The van der Waals surface area contributed by atoms with Gasteiger partial charge in [-0.25, -0.2) is 4.39 Å². The highest BCUT2D eigenvalue weighted by Gasteiger charge is 2.16. The van der Waals surface area contributed by atoms with Crippen molar-refractivity contribution in [3.8, 4) is 0 Å². The molecule has 0 amide bonds. The smallest absolute Gasteiger partial charge is 0.128 e. The van der Waals surface area contributed by atoms with E-state index >= 15 is 0 Å². The van der Waals surface area contributed by atoms with Crippen LogP contribution in [-0.4, -0.2) is 0 Å². The van der Waals surface area contributed by atoms with Crippen LogP contribution >= 0.6 is 15.9 Å². The van der Waals surface area contributed by atoms with Crippen molar-refractivity contribution in [1.29, 1.82) is 0 Å². The quantitative estimate of drug-likeness (QED) is 0.881. The zero-order chi connectivity index (χ0) is 13.3.